The summed E-state index contributed by atoms with van der Waals surface area (Å²) in [6.07, 6.45) is 8.46. The average Bonchev–Trinajstić information content (AvgIpc) is 1.60. The maximum atomic E-state index is 11.6. The van der Waals surface area contributed by atoms with Crippen molar-refractivity contribution in [2.24, 2.45) is 0 Å². The number of H-pyrrole nitrogens is 14. The maximum absolute atomic E-state index is 11.6. The van der Waals surface area contributed by atoms with Crippen LogP contribution in [0.2, 0.25) is 13.3 Å². The molecule has 0 radical (unpaired) electrons. The number of imidazole rings is 7. The minimum absolute atomic E-state index is 0.132. The molecule has 0 bridgehead atoms. The standard InChI is InChI=1S/C18H14N4O2S2.C16H10N4O2S2.C7H7.C5H2Br2N2OS.C5H3BrN2OS.C5H4N2OS.3C4H9.Sn/c1-7-11-13(21-17(23)19-11)15(25-7)9-3-5-10(6-4-9)16-14-12(8(2)26-16)20-18(24)22-14;21-15-17-9-5-23-13(11(9)19-15)7-1-2-8(4-3-7)14-12-10(6-24-14)18-16(22)20-12;1-7-5-3-2-4-6-7;6-3-1-2(4(7)11-3)9-5(10)8-1;6-4-3-2(1-10-4)7-5(9)8-3;8-5-6-3-1-9-2-4(3)7-5;3*1-3-4-2;/h3-6H,1-2H3,(H2,19,21,23)(H2,20,22,24);1-6H,(H2,17,19,21)(H2,18,20,22);3-6H,1H3;(H2,8,9,10);1H,(H2,7,8,9);1-2H,(H2,6,7,8);3*1,3-4H2,2H3;. The molecule has 518 valence electrons. The van der Waals surface area contributed by atoms with Gasteiger partial charge in [-0.25, -0.2) is 33.6 Å². The first-order valence-corrected chi connectivity index (χ1v) is 47.7. The zero-order chi connectivity index (χ0) is 70.5. The Kier molecular flexibility index (Phi) is 23.1. The van der Waals surface area contributed by atoms with Crippen molar-refractivity contribution < 1.29 is 0 Å². The van der Waals surface area contributed by atoms with E-state index in [1.54, 1.807) is 84.9 Å². The molecule has 0 aliphatic rings. The van der Waals surface area contributed by atoms with Gasteiger partial charge in [0.25, 0.3) is 0 Å². The Balaban J connectivity index is 0.000000119. The summed E-state index contributed by atoms with van der Waals surface area (Å²) < 4.78 is 9.35. The van der Waals surface area contributed by atoms with Gasteiger partial charge in [-0.05, 0) is 83.9 Å². The first-order chi connectivity index (χ1) is 48.2. The summed E-state index contributed by atoms with van der Waals surface area (Å²) in [6, 6.07) is 26.0. The van der Waals surface area contributed by atoms with E-state index in [0.717, 1.165) is 140 Å². The van der Waals surface area contributed by atoms with Crippen LogP contribution in [0, 0.1) is 20.8 Å². The van der Waals surface area contributed by atoms with Crippen LogP contribution in [0.3, 0.4) is 0 Å². The summed E-state index contributed by atoms with van der Waals surface area (Å²) in [5.74, 6) is 0. The third-order valence-electron chi connectivity index (χ3n) is 16.9. The summed E-state index contributed by atoms with van der Waals surface area (Å²) in [7, 11) is 0. The molecule has 0 aliphatic carbocycles. The zero-order valence-corrected chi connectivity index (χ0v) is 67.9. The van der Waals surface area contributed by atoms with Gasteiger partial charge >= 0.3 is 171 Å². The average molecular weight is 1780 g/mol. The van der Waals surface area contributed by atoms with Crippen molar-refractivity contribution in [2.75, 3.05) is 0 Å². The number of fused-ring (bicyclic) bond motifs is 7. The number of nitrogens with one attached hydrogen (secondary N) is 14. The van der Waals surface area contributed by atoms with Crippen molar-refractivity contribution >= 4 is 226 Å². The molecule has 14 heterocycles. The Morgan fingerprint density at radius 2 is 0.640 bits per heavy atom. The van der Waals surface area contributed by atoms with Crippen LogP contribution in [-0.4, -0.2) is 88.2 Å². The quantitative estimate of drug-likeness (QED) is 0.0466. The molecular formula is C68H67Br3N14O7S7Sn. The third-order valence-corrected chi connectivity index (χ3v) is 41.9. The van der Waals surface area contributed by atoms with Gasteiger partial charge in [0.2, 0.25) is 0 Å². The van der Waals surface area contributed by atoms with Crippen LogP contribution >= 0.6 is 127 Å². The maximum Gasteiger partial charge on any atom is 0.323 e. The Bertz CT molecular complexity index is 5770. The molecule has 32 heteroatoms. The van der Waals surface area contributed by atoms with Crippen molar-refractivity contribution in [3.8, 4) is 41.8 Å². The van der Waals surface area contributed by atoms with Crippen LogP contribution in [0.5, 0.6) is 0 Å². The number of halogens is 3. The van der Waals surface area contributed by atoms with Crippen LogP contribution in [-0.2, 0) is 0 Å². The Hall–Kier alpha value is -7.31. The number of aryl methyl sites for hydroxylation is 3. The molecule has 0 spiro atoms. The van der Waals surface area contributed by atoms with Gasteiger partial charge in [0.05, 0.1) is 108 Å². The van der Waals surface area contributed by atoms with E-state index in [1.807, 2.05) is 65.0 Å². The van der Waals surface area contributed by atoms with E-state index < -0.39 is 18.4 Å². The number of aromatic amines is 14. The third kappa shape index (κ3) is 16.1. The number of unbranched alkanes of at least 4 members (excludes halogenated alkanes) is 3. The van der Waals surface area contributed by atoms with Gasteiger partial charge in [0.15, 0.2) is 0 Å². The second kappa shape index (κ2) is 31.9. The molecule has 17 rings (SSSR count). The van der Waals surface area contributed by atoms with E-state index in [0.29, 0.717) is 0 Å². The normalized spacial score (nSPS) is 11.5. The Morgan fingerprint density at radius 3 is 1.04 bits per heavy atom. The number of aromatic nitrogens is 14. The van der Waals surface area contributed by atoms with Crippen molar-refractivity contribution in [3.05, 3.63) is 200 Å². The van der Waals surface area contributed by atoms with Crippen molar-refractivity contribution in [1.29, 1.82) is 0 Å². The molecule has 21 nitrogen and oxygen atoms in total. The second-order valence-corrected chi connectivity index (χ2v) is 47.8. The number of rotatable bonds is 14. The van der Waals surface area contributed by atoms with Crippen LogP contribution in [0.1, 0.15) is 74.6 Å². The van der Waals surface area contributed by atoms with Gasteiger partial charge < -0.3 is 69.8 Å². The number of benzene rings is 3. The summed E-state index contributed by atoms with van der Waals surface area (Å²) in [5.41, 5.74) is 16.4. The number of hydrogen-bond donors (Lipinski definition) is 14. The molecule has 0 atom stereocenters. The Labute approximate surface area is 624 Å². The molecule has 17 aromatic rings. The molecule has 100 heavy (non-hydrogen) atoms. The minimum Gasteiger partial charge on any atom is -0.305 e. The van der Waals surface area contributed by atoms with E-state index in [4.69, 9.17) is 0 Å². The molecule has 0 amide bonds. The van der Waals surface area contributed by atoms with Gasteiger partial charge in [-0.3, -0.25) is 0 Å². The fourth-order valence-electron chi connectivity index (χ4n) is 11.9. The molecule has 3 aromatic carbocycles. The predicted molar refractivity (Wildman–Crippen MR) is 435 cm³/mol. The summed E-state index contributed by atoms with van der Waals surface area (Å²) in [6.45, 7) is 13.3. The number of hydrogen-bond acceptors (Lipinski definition) is 14. The monoisotopic (exact) mass is 1770 g/mol. The first-order valence-electron chi connectivity index (χ1n) is 31.9. The molecule has 0 saturated carbocycles. The molecule has 0 fully saturated rings. The van der Waals surface area contributed by atoms with E-state index in [1.165, 1.54) is 55.4 Å². The number of thiophene rings is 7. The molecule has 0 aliphatic heterocycles. The van der Waals surface area contributed by atoms with Crippen molar-refractivity contribution in [2.45, 2.75) is 93.4 Å². The molecule has 14 aromatic heterocycles. The second-order valence-electron chi connectivity index (χ2n) is 23.7. The minimum atomic E-state index is -2.13. The smallest absolute Gasteiger partial charge is 0.305 e. The van der Waals surface area contributed by atoms with Crippen molar-refractivity contribution in [1.82, 2.24) is 69.8 Å². The van der Waals surface area contributed by atoms with Crippen molar-refractivity contribution in [3.63, 3.8) is 0 Å². The van der Waals surface area contributed by atoms with Gasteiger partial charge in [-0.15, -0.1) is 79.4 Å². The summed E-state index contributed by atoms with van der Waals surface area (Å²) >= 11 is 19.0. The SMILES string of the molecule is CCC[CH2][Sn]([CH2]CCC)([CH2]CCC)[c]1ccc(C)cc1.Cc1sc(-c2ccc(-c3sc(C)c4[nH]c(=O)[nH]c34)cc2)c2[nH]c(=O)[nH]c12.O=c1[nH]c2c(Br)sc(Br)c2[nH]1.O=c1[nH]c2csc(-c3ccc(-c4scc5[nH]c(=O)[nH]c45)cc3)c2[nH]1.O=c1[nH]c2csc(Br)c2[nH]1.O=c1[nH]c2cscc2[nH]1. The topological polar surface area (TPSA) is 341 Å². The molecular weight excluding hydrogens is 1710 g/mol. The molecule has 14 N–H and O–H groups in total. The molecule has 0 unspecified atom stereocenters. The zero-order valence-electron chi connectivity index (χ0n) is 54.5. The molecule has 0 saturated heterocycles. The van der Waals surface area contributed by atoms with E-state index in [9.17, 15) is 33.6 Å². The summed E-state index contributed by atoms with van der Waals surface area (Å²) in [4.78, 5) is 123. The largest absolute Gasteiger partial charge is 0.323 e. The van der Waals surface area contributed by atoms with Gasteiger partial charge in [-0.2, -0.15) is 0 Å². The summed E-state index contributed by atoms with van der Waals surface area (Å²) in [5, 5.41) is 9.55. The van der Waals surface area contributed by atoms with Gasteiger partial charge in [-0.1, -0.05) is 48.5 Å². The van der Waals surface area contributed by atoms with E-state index in [2.05, 4.69) is 194 Å². The predicted octanol–water partition coefficient (Wildman–Crippen LogP) is 18.7. The van der Waals surface area contributed by atoms with E-state index >= 15 is 0 Å². The fourth-order valence-corrected chi connectivity index (χ4v) is 36.8. The first kappa shape index (κ1) is 72.5. The van der Waals surface area contributed by atoms with Gasteiger partial charge in [0, 0.05) is 36.7 Å². The van der Waals surface area contributed by atoms with Crippen LogP contribution < -0.4 is 43.4 Å². The Morgan fingerprint density at radius 1 is 0.320 bits per heavy atom. The van der Waals surface area contributed by atoms with E-state index in [-0.39, 0.29) is 39.8 Å². The van der Waals surface area contributed by atoms with Crippen LogP contribution in [0.4, 0.5) is 0 Å². The fraction of sp³-hybridized carbons (Fsp3) is 0.221. The van der Waals surface area contributed by atoms with Crippen LogP contribution in [0.25, 0.3) is 119 Å². The van der Waals surface area contributed by atoms with Gasteiger partial charge in [0.1, 0.15) is 0 Å². The van der Waals surface area contributed by atoms with Crippen LogP contribution in [0.15, 0.2) is 145 Å².